The van der Waals surface area contributed by atoms with Crippen LogP contribution in [0.5, 0.6) is 11.5 Å². The zero-order valence-electron chi connectivity index (χ0n) is 9.95. The Hall–Kier alpha value is -2.30. The van der Waals surface area contributed by atoms with E-state index >= 15 is 0 Å². The molecule has 0 amide bonds. The first kappa shape index (κ1) is 11.8. The molecule has 98 valence electrons. The van der Waals surface area contributed by atoms with Crippen LogP contribution in [0.1, 0.15) is 0 Å². The minimum atomic E-state index is -0.887. The number of halogens is 2. The molecule has 0 aromatic heterocycles. The molecule has 0 saturated carbocycles. The Morgan fingerprint density at radius 3 is 2.26 bits per heavy atom. The molecule has 0 saturated heterocycles. The van der Waals surface area contributed by atoms with Gasteiger partial charge < -0.3 is 14.8 Å². The van der Waals surface area contributed by atoms with Crippen LogP contribution in [0.3, 0.4) is 0 Å². The Morgan fingerprint density at radius 1 is 0.789 bits per heavy atom. The number of hydrogen-bond donors (Lipinski definition) is 1. The number of fused-ring (bicyclic) bond motifs is 1. The molecule has 1 aliphatic rings. The second-order valence-electron chi connectivity index (χ2n) is 4.11. The lowest BCUT2D eigenvalue weighted by Crippen LogP contribution is -2.15. The molecule has 3 nitrogen and oxygen atoms in total. The van der Waals surface area contributed by atoms with E-state index in [2.05, 4.69) is 5.32 Å². The highest BCUT2D eigenvalue weighted by Crippen LogP contribution is 2.33. The minimum Gasteiger partial charge on any atom is -0.486 e. The van der Waals surface area contributed by atoms with E-state index in [9.17, 15) is 8.78 Å². The van der Waals surface area contributed by atoms with E-state index in [1.807, 2.05) is 0 Å². The number of hydrogen-bond acceptors (Lipinski definition) is 3. The monoisotopic (exact) mass is 263 g/mol. The van der Waals surface area contributed by atoms with Crippen LogP contribution in [-0.4, -0.2) is 13.2 Å². The topological polar surface area (TPSA) is 30.5 Å². The summed E-state index contributed by atoms with van der Waals surface area (Å²) in [5.74, 6) is -0.434. The first-order valence-corrected chi connectivity index (χ1v) is 5.84. The smallest absolute Gasteiger partial charge is 0.163 e. The van der Waals surface area contributed by atoms with E-state index in [-0.39, 0.29) is 0 Å². The normalized spacial score (nSPS) is 13.2. The number of rotatable bonds is 2. The summed E-state index contributed by atoms with van der Waals surface area (Å²) in [4.78, 5) is 0. The second kappa shape index (κ2) is 4.76. The molecule has 0 atom stereocenters. The molecule has 1 heterocycles. The van der Waals surface area contributed by atoms with Gasteiger partial charge in [0.15, 0.2) is 23.1 Å². The van der Waals surface area contributed by atoms with Gasteiger partial charge in [-0.25, -0.2) is 8.78 Å². The summed E-state index contributed by atoms with van der Waals surface area (Å²) in [6.45, 7) is 1.03. The summed E-state index contributed by atoms with van der Waals surface area (Å²) < 4.78 is 36.8. The van der Waals surface area contributed by atoms with Crippen molar-refractivity contribution in [3.05, 3.63) is 48.0 Å². The first-order chi connectivity index (χ1) is 9.22. The molecule has 2 aromatic carbocycles. The number of ether oxygens (including phenoxy) is 2. The molecule has 0 unspecified atom stereocenters. The maximum Gasteiger partial charge on any atom is 0.163 e. The van der Waals surface area contributed by atoms with E-state index < -0.39 is 11.6 Å². The van der Waals surface area contributed by atoms with Gasteiger partial charge in [-0.05, 0) is 24.3 Å². The highest BCUT2D eigenvalue weighted by atomic mass is 19.2. The van der Waals surface area contributed by atoms with Crippen LogP contribution < -0.4 is 14.8 Å². The summed E-state index contributed by atoms with van der Waals surface area (Å²) in [5.41, 5.74) is 1.19. The third kappa shape index (κ3) is 2.45. The van der Waals surface area contributed by atoms with E-state index in [1.54, 1.807) is 18.2 Å². The van der Waals surface area contributed by atoms with Gasteiger partial charge in [0, 0.05) is 23.5 Å². The van der Waals surface area contributed by atoms with Crippen molar-refractivity contribution in [3.63, 3.8) is 0 Å². The van der Waals surface area contributed by atoms with Crippen molar-refractivity contribution in [2.75, 3.05) is 18.5 Å². The second-order valence-corrected chi connectivity index (χ2v) is 4.11. The van der Waals surface area contributed by atoms with E-state index in [0.29, 0.717) is 30.4 Å². The lowest BCUT2D eigenvalue weighted by Gasteiger charge is -2.19. The Kier molecular flexibility index (Phi) is 2.95. The van der Waals surface area contributed by atoms with Crippen molar-refractivity contribution in [1.29, 1.82) is 0 Å². The first-order valence-electron chi connectivity index (χ1n) is 5.84. The van der Waals surface area contributed by atoms with Crippen LogP contribution >= 0.6 is 0 Å². The molecule has 0 fully saturated rings. The molecule has 0 bridgehead atoms. The molecule has 1 aliphatic heterocycles. The minimum absolute atomic E-state index is 0.468. The van der Waals surface area contributed by atoms with E-state index in [0.717, 1.165) is 17.8 Å². The molecule has 2 aromatic rings. The third-order valence-corrected chi connectivity index (χ3v) is 2.75. The Bertz CT molecular complexity index is 616. The van der Waals surface area contributed by atoms with Crippen LogP contribution in [0.4, 0.5) is 20.2 Å². The van der Waals surface area contributed by atoms with Crippen LogP contribution in [-0.2, 0) is 0 Å². The molecule has 3 rings (SSSR count). The molecule has 1 N–H and O–H groups in total. The van der Waals surface area contributed by atoms with Gasteiger partial charge in [-0.15, -0.1) is 0 Å². The third-order valence-electron chi connectivity index (χ3n) is 2.75. The van der Waals surface area contributed by atoms with E-state index in [1.165, 1.54) is 6.07 Å². The molecular weight excluding hydrogens is 252 g/mol. The summed E-state index contributed by atoms with van der Waals surface area (Å²) in [6, 6.07) is 8.97. The summed E-state index contributed by atoms with van der Waals surface area (Å²) in [5, 5.41) is 2.98. The largest absolute Gasteiger partial charge is 0.486 e. The van der Waals surface area contributed by atoms with Crippen molar-refractivity contribution in [2.45, 2.75) is 0 Å². The zero-order chi connectivity index (χ0) is 13.2. The SMILES string of the molecule is Fc1ccc(Nc2ccc3c(c2)OCCO3)cc1F. The maximum atomic E-state index is 13.1. The molecular formula is C14H11F2NO2. The molecule has 0 spiro atoms. The Balaban J connectivity index is 1.84. The molecule has 19 heavy (non-hydrogen) atoms. The lowest BCUT2D eigenvalue weighted by atomic mass is 10.2. The summed E-state index contributed by atoms with van der Waals surface area (Å²) in [6.07, 6.45) is 0. The summed E-state index contributed by atoms with van der Waals surface area (Å²) in [7, 11) is 0. The molecule has 0 aliphatic carbocycles. The fraction of sp³-hybridized carbons (Fsp3) is 0.143. The van der Waals surface area contributed by atoms with Gasteiger partial charge in [-0.3, -0.25) is 0 Å². The van der Waals surface area contributed by atoms with Gasteiger partial charge in [0.2, 0.25) is 0 Å². The maximum absolute atomic E-state index is 13.1. The van der Waals surface area contributed by atoms with Crippen molar-refractivity contribution in [2.24, 2.45) is 0 Å². The van der Waals surface area contributed by atoms with Crippen LogP contribution in [0.25, 0.3) is 0 Å². The van der Waals surface area contributed by atoms with Gasteiger partial charge in [0.1, 0.15) is 13.2 Å². The van der Waals surface area contributed by atoms with Crippen LogP contribution in [0.15, 0.2) is 36.4 Å². The number of benzene rings is 2. The highest BCUT2D eigenvalue weighted by Gasteiger charge is 2.12. The Labute approximate surface area is 108 Å². The quantitative estimate of drug-likeness (QED) is 0.899. The van der Waals surface area contributed by atoms with Gasteiger partial charge in [0.25, 0.3) is 0 Å². The van der Waals surface area contributed by atoms with Crippen molar-refractivity contribution in [1.82, 2.24) is 0 Å². The van der Waals surface area contributed by atoms with Crippen molar-refractivity contribution < 1.29 is 18.3 Å². The van der Waals surface area contributed by atoms with Gasteiger partial charge >= 0.3 is 0 Å². The Morgan fingerprint density at radius 2 is 1.47 bits per heavy atom. The fourth-order valence-electron chi connectivity index (χ4n) is 1.86. The molecule has 0 radical (unpaired) electrons. The van der Waals surface area contributed by atoms with Crippen molar-refractivity contribution in [3.8, 4) is 11.5 Å². The van der Waals surface area contributed by atoms with Crippen LogP contribution in [0, 0.1) is 11.6 Å². The number of anilines is 2. The lowest BCUT2D eigenvalue weighted by molar-refractivity contribution is 0.171. The van der Waals surface area contributed by atoms with Gasteiger partial charge in [0.05, 0.1) is 0 Å². The molecule has 5 heteroatoms. The van der Waals surface area contributed by atoms with Gasteiger partial charge in [-0.2, -0.15) is 0 Å². The van der Waals surface area contributed by atoms with Crippen LogP contribution in [0.2, 0.25) is 0 Å². The predicted molar refractivity (Wildman–Crippen MR) is 67.1 cm³/mol. The average Bonchev–Trinajstić information content (AvgIpc) is 2.43. The highest BCUT2D eigenvalue weighted by molar-refractivity contribution is 5.63. The number of nitrogens with one attached hydrogen (secondary N) is 1. The average molecular weight is 263 g/mol. The predicted octanol–water partition coefficient (Wildman–Crippen LogP) is 3.48. The van der Waals surface area contributed by atoms with E-state index in [4.69, 9.17) is 9.47 Å². The standard InChI is InChI=1S/C14H11F2NO2/c15-11-3-1-9(7-12(11)16)17-10-2-4-13-14(8-10)19-6-5-18-13/h1-4,7-8,17H,5-6H2. The zero-order valence-corrected chi connectivity index (χ0v) is 9.95. The summed E-state index contributed by atoms with van der Waals surface area (Å²) >= 11 is 0. The fourth-order valence-corrected chi connectivity index (χ4v) is 1.86. The van der Waals surface area contributed by atoms with Crippen molar-refractivity contribution >= 4 is 11.4 Å². The van der Waals surface area contributed by atoms with Gasteiger partial charge in [-0.1, -0.05) is 0 Å².